The highest BCUT2D eigenvalue weighted by Crippen LogP contribution is 2.42. The summed E-state index contributed by atoms with van der Waals surface area (Å²) in [6.45, 7) is 6.95. The Hall–Kier alpha value is -0.850. The topological polar surface area (TPSA) is 67.6 Å². The zero-order valence-electron chi connectivity index (χ0n) is 18.1. The maximum Gasteiger partial charge on any atom is 0.227 e. The van der Waals surface area contributed by atoms with E-state index >= 15 is 0 Å². The molecule has 2 bridgehead atoms. The van der Waals surface area contributed by atoms with Gasteiger partial charge in [-0.15, -0.1) is 24.8 Å². The zero-order valence-corrected chi connectivity index (χ0v) is 19.7. The van der Waals surface area contributed by atoms with E-state index in [1.54, 1.807) is 0 Å². The first-order chi connectivity index (χ1) is 13.5. The van der Waals surface area contributed by atoms with Crippen molar-refractivity contribution in [3.63, 3.8) is 0 Å². The number of rotatable bonds is 4. The minimum atomic E-state index is 0. The second-order valence-corrected chi connectivity index (χ2v) is 9.29. The molecule has 1 aromatic carbocycles. The van der Waals surface area contributed by atoms with Gasteiger partial charge in [-0.3, -0.25) is 9.69 Å². The number of benzene rings is 1. The maximum absolute atomic E-state index is 13.1. The Morgan fingerprint density at radius 2 is 1.70 bits per heavy atom. The smallest absolute Gasteiger partial charge is 0.227 e. The van der Waals surface area contributed by atoms with Gasteiger partial charge in [0.2, 0.25) is 5.91 Å². The Bertz CT molecular complexity index is 681. The molecule has 3 fully saturated rings. The van der Waals surface area contributed by atoms with Crippen molar-refractivity contribution in [3.8, 4) is 0 Å². The molecule has 2 aliphatic carbocycles. The van der Waals surface area contributed by atoms with E-state index in [1.165, 1.54) is 24.8 Å². The number of nitrogens with two attached hydrogens (primary N) is 1. The molecule has 0 aromatic heterocycles. The third-order valence-corrected chi connectivity index (χ3v) is 6.95. The van der Waals surface area contributed by atoms with Gasteiger partial charge in [0.15, 0.2) is 0 Å². The van der Waals surface area contributed by atoms with E-state index in [2.05, 4.69) is 36.2 Å². The normalized spacial score (nSPS) is 33.7. The Morgan fingerprint density at radius 1 is 1.10 bits per heavy atom. The highest BCUT2D eigenvalue weighted by molar-refractivity contribution is 5.93. The van der Waals surface area contributed by atoms with Gasteiger partial charge < -0.3 is 15.8 Å². The predicted octanol–water partition coefficient (Wildman–Crippen LogP) is 4.23. The van der Waals surface area contributed by atoms with Crippen LogP contribution in [0.3, 0.4) is 0 Å². The molecule has 1 heterocycles. The molecule has 4 unspecified atom stereocenters. The molecule has 4 atom stereocenters. The lowest BCUT2D eigenvalue weighted by Crippen LogP contribution is -2.48. The van der Waals surface area contributed by atoms with Crippen LogP contribution >= 0.6 is 24.8 Å². The monoisotopic (exact) mass is 457 g/mol. The van der Waals surface area contributed by atoms with Crippen molar-refractivity contribution in [1.82, 2.24) is 4.90 Å². The molecule has 2 saturated carbocycles. The fourth-order valence-electron chi connectivity index (χ4n) is 5.67. The summed E-state index contributed by atoms with van der Waals surface area (Å²) in [6, 6.07) is 8.54. The van der Waals surface area contributed by atoms with Crippen LogP contribution in [0.25, 0.3) is 0 Å². The van der Waals surface area contributed by atoms with Crippen molar-refractivity contribution in [2.45, 2.75) is 70.7 Å². The molecule has 3 aliphatic rings. The molecular weight excluding hydrogens is 421 g/mol. The summed E-state index contributed by atoms with van der Waals surface area (Å²) in [6.07, 6.45) is 6.04. The van der Waals surface area contributed by atoms with Gasteiger partial charge in [-0.25, -0.2) is 0 Å². The summed E-state index contributed by atoms with van der Waals surface area (Å²) in [4.78, 5) is 15.5. The highest BCUT2D eigenvalue weighted by Gasteiger charge is 2.40. The van der Waals surface area contributed by atoms with Crippen molar-refractivity contribution in [2.75, 3.05) is 18.4 Å². The number of halogens is 2. The van der Waals surface area contributed by atoms with Crippen LogP contribution in [-0.4, -0.2) is 42.1 Å². The van der Waals surface area contributed by atoms with Crippen molar-refractivity contribution in [1.29, 1.82) is 0 Å². The van der Waals surface area contributed by atoms with Gasteiger partial charge in [-0.1, -0.05) is 24.6 Å². The highest BCUT2D eigenvalue weighted by atomic mass is 35.5. The first-order valence-electron chi connectivity index (χ1n) is 11.0. The number of ether oxygens (including phenoxy) is 1. The van der Waals surface area contributed by atoms with Gasteiger partial charge >= 0.3 is 0 Å². The number of morpholine rings is 1. The zero-order chi connectivity index (χ0) is 19.7. The third kappa shape index (κ3) is 5.89. The van der Waals surface area contributed by atoms with Crippen LogP contribution in [0.1, 0.15) is 51.5 Å². The summed E-state index contributed by atoms with van der Waals surface area (Å²) in [7, 11) is 0. The molecule has 0 spiro atoms. The van der Waals surface area contributed by atoms with Crippen molar-refractivity contribution in [2.24, 2.45) is 23.5 Å². The first-order valence-corrected chi connectivity index (χ1v) is 11.0. The minimum Gasteiger partial charge on any atom is -0.373 e. The quantitative estimate of drug-likeness (QED) is 0.709. The number of amides is 1. The van der Waals surface area contributed by atoms with E-state index in [0.717, 1.165) is 38.2 Å². The molecular formula is C23H37Cl2N3O2. The number of hydrogen-bond acceptors (Lipinski definition) is 4. The number of nitrogens with zero attached hydrogens (tertiary/aromatic N) is 1. The Labute approximate surface area is 193 Å². The van der Waals surface area contributed by atoms with Crippen molar-refractivity contribution >= 4 is 36.4 Å². The van der Waals surface area contributed by atoms with Gasteiger partial charge in [0, 0.05) is 37.3 Å². The van der Waals surface area contributed by atoms with E-state index in [0.29, 0.717) is 17.9 Å². The average molecular weight is 458 g/mol. The Kier molecular flexibility index (Phi) is 9.44. The van der Waals surface area contributed by atoms with Crippen molar-refractivity contribution < 1.29 is 9.53 Å². The first kappa shape index (κ1) is 25.4. The molecule has 1 aliphatic heterocycles. The Balaban J connectivity index is 0.00000160. The van der Waals surface area contributed by atoms with Gasteiger partial charge in [0.05, 0.1) is 12.2 Å². The standard InChI is InChI=1S/C23H35N3O2.2ClH/c1-15-12-26(13-16(2)28-15)14-19-6-3-4-9-21(19)25-23(27)20-10-17-7-5-8-18(11-20)22(17)24;;/h3-4,6,9,15-18,20,22H,5,7-8,10-14,24H2,1-2H3,(H,25,27);2*1H. The fraction of sp³-hybridized carbons (Fsp3) is 0.696. The van der Waals surface area contributed by atoms with Gasteiger partial charge in [-0.2, -0.15) is 0 Å². The fourth-order valence-corrected chi connectivity index (χ4v) is 5.67. The SMILES string of the molecule is CC1CN(Cc2ccccc2NC(=O)C2CC3CCCC(C2)C3N)CC(C)O1.Cl.Cl. The molecule has 1 aromatic rings. The van der Waals surface area contributed by atoms with Gasteiger partial charge in [-0.05, 0) is 63.0 Å². The average Bonchev–Trinajstić information content (AvgIpc) is 2.62. The van der Waals surface area contributed by atoms with E-state index in [9.17, 15) is 4.79 Å². The summed E-state index contributed by atoms with van der Waals surface area (Å²) < 4.78 is 5.85. The largest absolute Gasteiger partial charge is 0.373 e. The lowest BCUT2D eigenvalue weighted by molar-refractivity contribution is -0.122. The summed E-state index contributed by atoms with van der Waals surface area (Å²) >= 11 is 0. The van der Waals surface area contributed by atoms with E-state index in [4.69, 9.17) is 10.5 Å². The van der Waals surface area contributed by atoms with Crippen LogP contribution in [0.2, 0.25) is 0 Å². The summed E-state index contributed by atoms with van der Waals surface area (Å²) in [5.74, 6) is 1.33. The molecule has 1 saturated heterocycles. The molecule has 7 heteroatoms. The molecule has 1 amide bonds. The summed E-state index contributed by atoms with van der Waals surface area (Å²) in [5, 5.41) is 3.26. The minimum absolute atomic E-state index is 0. The lowest BCUT2D eigenvalue weighted by atomic mass is 9.65. The number of nitrogens with one attached hydrogen (secondary N) is 1. The predicted molar refractivity (Wildman–Crippen MR) is 126 cm³/mol. The molecule has 30 heavy (non-hydrogen) atoms. The van der Waals surface area contributed by atoms with Crippen LogP contribution in [0.15, 0.2) is 24.3 Å². The number of anilines is 1. The summed E-state index contributed by atoms with van der Waals surface area (Å²) in [5.41, 5.74) is 8.55. The number of carbonyl (C=O) groups is 1. The van der Waals surface area contributed by atoms with E-state index in [-0.39, 0.29) is 48.8 Å². The number of carbonyl (C=O) groups excluding carboxylic acids is 1. The van der Waals surface area contributed by atoms with Crippen molar-refractivity contribution in [3.05, 3.63) is 29.8 Å². The molecule has 3 N–H and O–H groups in total. The second-order valence-electron chi connectivity index (χ2n) is 9.29. The van der Waals surface area contributed by atoms with Crippen LogP contribution in [-0.2, 0) is 16.1 Å². The second kappa shape index (κ2) is 11.1. The third-order valence-electron chi connectivity index (χ3n) is 6.95. The maximum atomic E-state index is 13.1. The number of hydrogen-bond donors (Lipinski definition) is 2. The molecule has 0 radical (unpaired) electrons. The van der Waals surface area contributed by atoms with Crippen LogP contribution in [0.5, 0.6) is 0 Å². The van der Waals surface area contributed by atoms with Crippen LogP contribution < -0.4 is 11.1 Å². The van der Waals surface area contributed by atoms with Gasteiger partial charge in [0.25, 0.3) is 0 Å². The number of fused-ring (bicyclic) bond motifs is 2. The molecule has 5 nitrogen and oxygen atoms in total. The Morgan fingerprint density at radius 3 is 2.33 bits per heavy atom. The number of para-hydroxylation sites is 1. The van der Waals surface area contributed by atoms with E-state index in [1.807, 2.05) is 12.1 Å². The van der Waals surface area contributed by atoms with E-state index < -0.39 is 0 Å². The lowest BCUT2D eigenvalue weighted by Gasteiger charge is -2.43. The molecule has 170 valence electrons. The van der Waals surface area contributed by atoms with Gasteiger partial charge in [0.1, 0.15) is 0 Å². The van der Waals surface area contributed by atoms with Crippen LogP contribution in [0, 0.1) is 17.8 Å². The van der Waals surface area contributed by atoms with Crippen LogP contribution in [0.4, 0.5) is 5.69 Å². The molecule has 4 rings (SSSR count).